The molecule has 2 fully saturated rings. The van der Waals surface area contributed by atoms with Gasteiger partial charge < -0.3 is 10.2 Å². The van der Waals surface area contributed by atoms with Crippen molar-refractivity contribution in [3.63, 3.8) is 0 Å². The van der Waals surface area contributed by atoms with Crippen molar-refractivity contribution in [3.05, 3.63) is 35.4 Å². The first kappa shape index (κ1) is 9.55. The van der Waals surface area contributed by atoms with Gasteiger partial charge in [-0.3, -0.25) is 0 Å². The molecule has 112 valence electrons. The Morgan fingerprint density at radius 1 is 1.29 bits per heavy atom. The zero-order chi connectivity index (χ0) is 18.3. The van der Waals surface area contributed by atoms with E-state index in [0.717, 1.165) is 19.3 Å². The summed E-state index contributed by atoms with van der Waals surface area (Å²) in [7, 11) is 0. The van der Waals surface area contributed by atoms with Gasteiger partial charge in [-0.25, -0.2) is 0 Å². The van der Waals surface area contributed by atoms with Gasteiger partial charge in [0.25, 0.3) is 0 Å². The van der Waals surface area contributed by atoms with E-state index in [4.69, 9.17) is 5.48 Å². The third kappa shape index (κ3) is 1.71. The fourth-order valence-electron chi connectivity index (χ4n) is 4.91. The fourth-order valence-corrected chi connectivity index (χ4v) is 4.91. The van der Waals surface area contributed by atoms with Gasteiger partial charge in [-0.2, -0.15) is 0 Å². The molecule has 0 bridgehead atoms. The highest BCUT2D eigenvalue weighted by molar-refractivity contribution is 5.48. The number of fused-ring (bicyclic) bond motifs is 5. The summed E-state index contributed by atoms with van der Waals surface area (Å²) < 4.78 is 33.1. The molecule has 0 aliphatic heterocycles. The van der Waals surface area contributed by atoms with Crippen LogP contribution in [-0.4, -0.2) is 10.2 Å². The maximum atomic E-state index is 10.1. The summed E-state index contributed by atoms with van der Waals surface area (Å²) in [5.41, 5.74) is 1.88. The molecule has 0 spiro atoms. The molecular weight excluding hydrogens is 260 g/mol. The van der Waals surface area contributed by atoms with E-state index in [2.05, 4.69) is 13.5 Å². The molecule has 0 heterocycles. The summed E-state index contributed by atoms with van der Waals surface area (Å²) >= 11 is 0. The third-order valence-electron chi connectivity index (χ3n) is 6.22. The van der Waals surface area contributed by atoms with Crippen molar-refractivity contribution in [3.8, 4) is 11.5 Å². The molecule has 2 nitrogen and oxygen atoms in total. The second-order valence-electron chi connectivity index (χ2n) is 7.07. The maximum Gasteiger partial charge on any atom is 0.157 e. The third-order valence-corrected chi connectivity index (χ3v) is 6.22. The van der Waals surface area contributed by atoms with E-state index in [0.29, 0.717) is 29.5 Å². The highest BCUT2D eigenvalue weighted by Crippen LogP contribution is 2.62. The van der Waals surface area contributed by atoms with E-state index >= 15 is 0 Å². The van der Waals surface area contributed by atoms with Gasteiger partial charge >= 0.3 is 0 Å². The van der Waals surface area contributed by atoms with E-state index in [1.54, 1.807) is 0 Å². The SMILES string of the molecule is [2H]c1c(O)c(O)c([2H])c2c1CCC1C2CCC2(C)C(=C)C([2H])([2H])CC12. The molecule has 21 heavy (non-hydrogen) atoms. The summed E-state index contributed by atoms with van der Waals surface area (Å²) in [5, 5.41) is 20.0. The molecule has 2 saturated carbocycles. The van der Waals surface area contributed by atoms with Crippen molar-refractivity contribution in [2.75, 3.05) is 0 Å². The second kappa shape index (κ2) is 4.28. The van der Waals surface area contributed by atoms with Crippen LogP contribution in [0.3, 0.4) is 0 Å². The quantitative estimate of drug-likeness (QED) is 0.544. The molecule has 4 unspecified atom stereocenters. The first-order valence-corrected chi connectivity index (χ1v) is 7.83. The molecule has 2 N–H and O–H groups in total. The van der Waals surface area contributed by atoms with E-state index in [1.807, 2.05) is 0 Å². The summed E-state index contributed by atoms with van der Waals surface area (Å²) in [6, 6.07) is -0.108. The van der Waals surface area contributed by atoms with Crippen LogP contribution in [0.25, 0.3) is 0 Å². The first-order chi connectivity index (χ1) is 11.6. The molecule has 1 aromatic carbocycles. The van der Waals surface area contributed by atoms with Crippen molar-refractivity contribution in [1.82, 2.24) is 0 Å². The lowest BCUT2D eigenvalue weighted by molar-refractivity contribution is 0.0815. The van der Waals surface area contributed by atoms with Crippen molar-refractivity contribution in [1.29, 1.82) is 0 Å². The lowest BCUT2D eigenvalue weighted by atomic mass is 9.55. The van der Waals surface area contributed by atoms with E-state index in [1.165, 1.54) is 0 Å². The minimum Gasteiger partial charge on any atom is -0.504 e. The van der Waals surface area contributed by atoms with Crippen LogP contribution in [0.1, 0.15) is 61.5 Å². The molecule has 3 aliphatic carbocycles. The molecule has 4 rings (SSSR count). The zero-order valence-corrected chi connectivity index (χ0v) is 12.4. The van der Waals surface area contributed by atoms with Crippen LogP contribution < -0.4 is 0 Å². The van der Waals surface area contributed by atoms with E-state index < -0.39 is 17.9 Å². The molecule has 0 aromatic heterocycles. The fraction of sp³-hybridized carbons (Fsp3) is 0.579. The summed E-state index contributed by atoms with van der Waals surface area (Å²) in [6.45, 7) is 6.21. The highest BCUT2D eigenvalue weighted by atomic mass is 16.3. The number of phenolic OH excluding ortho intramolecular Hbond substituents is 2. The number of aromatic hydroxyl groups is 2. The van der Waals surface area contributed by atoms with Gasteiger partial charge in [0, 0.05) is 2.74 Å². The van der Waals surface area contributed by atoms with Gasteiger partial charge in [0.1, 0.15) is 0 Å². The lowest BCUT2D eigenvalue weighted by Crippen LogP contribution is -2.40. The molecule has 2 heteroatoms. The number of allylic oxidation sites excluding steroid dienone is 1. The zero-order valence-electron chi connectivity index (χ0n) is 16.4. The van der Waals surface area contributed by atoms with E-state index in [9.17, 15) is 10.2 Å². The summed E-state index contributed by atoms with van der Waals surface area (Å²) in [4.78, 5) is 0. The van der Waals surface area contributed by atoms with Gasteiger partial charge in [-0.05, 0) is 84.9 Å². The Hall–Kier alpha value is -1.44. The van der Waals surface area contributed by atoms with Gasteiger partial charge in [-0.15, -0.1) is 0 Å². The Balaban J connectivity index is 1.82. The van der Waals surface area contributed by atoms with Crippen molar-refractivity contribution in [2.24, 2.45) is 17.3 Å². The Morgan fingerprint density at radius 2 is 2.05 bits per heavy atom. The minimum absolute atomic E-state index is 0.0478. The van der Waals surface area contributed by atoms with Crippen molar-refractivity contribution < 1.29 is 15.7 Å². The van der Waals surface area contributed by atoms with Gasteiger partial charge in [0.2, 0.25) is 0 Å². The number of hydrogen-bond acceptors (Lipinski definition) is 2. The van der Waals surface area contributed by atoms with Crippen LogP contribution in [0.5, 0.6) is 11.5 Å². The maximum absolute atomic E-state index is 10.1. The summed E-state index contributed by atoms with van der Waals surface area (Å²) in [5.74, 6) is -0.539. The highest BCUT2D eigenvalue weighted by Gasteiger charge is 2.51. The van der Waals surface area contributed by atoms with Gasteiger partial charge in [0.15, 0.2) is 11.5 Å². The summed E-state index contributed by atoms with van der Waals surface area (Å²) in [6.07, 6.45) is 2.15. The predicted octanol–water partition coefficient (Wildman–Crippen LogP) is 4.51. The lowest BCUT2D eigenvalue weighted by Gasteiger charge is -2.49. The Labute approximate surface area is 132 Å². The number of phenols is 2. The van der Waals surface area contributed by atoms with Crippen molar-refractivity contribution >= 4 is 0 Å². The second-order valence-corrected chi connectivity index (χ2v) is 7.07. The normalized spacial score (nSPS) is 42.9. The van der Waals surface area contributed by atoms with Gasteiger partial charge in [0.05, 0.1) is 2.74 Å². The standard InChI is InChI=1S/C19H24O2/c1-11-3-6-16-14-5-4-12-9-17(20)18(21)10-15(12)13(14)7-8-19(11,16)2/h9-10,13-14,16,20-21H,1,3-8H2,2H3/i3D2,9D,10D. The largest absolute Gasteiger partial charge is 0.504 e. The molecule has 0 amide bonds. The number of benzene rings is 1. The van der Waals surface area contributed by atoms with Crippen LogP contribution in [0, 0.1) is 17.3 Å². The average molecular weight is 288 g/mol. The Bertz CT molecular complexity index is 788. The van der Waals surface area contributed by atoms with Gasteiger partial charge in [-0.1, -0.05) is 19.1 Å². The van der Waals surface area contributed by atoms with Crippen molar-refractivity contribution in [2.45, 2.75) is 51.3 Å². The minimum atomic E-state index is -1.35. The van der Waals surface area contributed by atoms with Crippen LogP contribution in [0.4, 0.5) is 0 Å². The topological polar surface area (TPSA) is 40.5 Å². The number of hydrogen-bond donors (Lipinski definition) is 2. The molecule has 1 aromatic rings. The Kier molecular flexibility index (Phi) is 1.95. The molecule has 0 saturated heterocycles. The van der Waals surface area contributed by atoms with Crippen LogP contribution in [0.2, 0.25) is 0 Å². The average Bonchev–Trinajstić information content (AvgIpc) is 2.77. The van der Waals surface area contributed by atoms with Crippen LogP contribution in [0.15, 0.2) is 24.2 Å². The van der Waals surface area contributed by atoms with E-state index in [-0.39, 0.29) is 35.3 Å². The van der Waals surface area contributed by atoms with Crippen LogP contribution >= 0.6 is 0 Å². The predicted molar refractivity (Wildman–Crippen MR) is 83.5 cm³/mol. The smallest absolute Gasteiger partial charge is 0.157 e. The number of rotatable bonds is 0. The molecular formula is C19H24O2. The molecule has 3 aliphatic rings. The molecule has 4 atom stereocenters. The van der Waals surface area contributed by atoms with Crippen LogP contribution in [-0.2, 0) is 6.42 Å². The first-order valence-electron chi connectivity index (χ1n) is 9.83. The molecule has 0 radical (unpaired) electrons. The Morgan fingerprint density at radius 3 is 2.86 bits per heavy atom. The monoisotopic (exact) mass is 288 g/mol.